The SMILES string of the molecule is O=C1CCc2cc(F)c(NCc3csnn3)cc2N1. The number of amides is 1. The summed E-state index contributed by atoms with van der Waals surface area (Å²) in [6, 6.07) is 3.10. The Morgan fingerprint density at radius 2 is 2.32 bits per heavy atom. The minimum absolute atomic E-state index is 0.0336. The minimum Gasteiger partial charge on any atom is -0.377 e. The van der Waals surface area contributed by atoms with Crippen LogP contribution in [0.5, 0.6) is 0 Å². The minimum atomic E-state index is -0.321. The van der Waals surface area contributed by atoms with Crippen LogP contribution in [0.4, 0.5) is 15.8 Å². The molecule has 5 nitrogen and oxygen atoms in total. The van der Waals surface area contributed by atoms with Gasteiger partial charge in [0.15, 0.2) is 0 Å². The van der Waals surface area contributed by atoms with E-state index in [-0.39, 0.29) is 11.7 Å². The molecule has 3 rings (SSSR count). The lowest BCUT2D eigenvalue weighted by atomic mass is 10.0. The molecule has 0 fully saturated rings. The first-order valence-corrected chi connectivity index (χ1v) is 6.68. The molecule has 7 heteroatoms. The summed E-state index contributed by atoms with van der Waals surface area (Å²) in [4.78, 5) is 11.3. The quantitative estimate of drug-likeness (QED) is 0.903. The lowest BCUT2D eigenvalue weighted by Gasteiger charge is -2.18. The first-order chi connectivity index (χ1) is 9.22. The maximum Gasteiger partial charge on any atom is 0.224 e. The Kier molecular flexibility index (Phi) is 3.12. The van der Waals surface area contributed by atoms with E-state index in [0.29, 0.717) is 30.8 Å². The number of carbonyl (C=O) groups excluding carboxylic acids is 1. The molecule has 98 valence electrons. The number of hydrogen-bond donors (Lipinski definition) is 2. The van der Waals surface area contributed by atoms with Gasteiger partial charge in [0.1, 0.15) is 5.82 Å². The number of anilines is 2. The van der Waals surface area contributed by atoms with Gasteiger partial charge in [0.2, 0.25) is 5.91 Å². The lowest BCUT2D eigenvalue weighted by Crippen LogP contribution is -2.19. The number of halogens is 1. The molecule has 1 aliphatic rings. The molecule has 0 unspecified atom stereocenters. The number of rotatable bonds is 3. The average Bonchev–Trinajstić information content (AvgIpc) is 2.90. The van der Waals surface area contributed by atoms with Crippen molar-refractivity contribution in [3.63, 3.8) is 0 Å². The molecule has 0 saturated carbocycles. The third-order valence-electron chi connectivity index (χ3n) is 2.95. The summed E-state index contributed by atoms with van der Waals surface area (Å²) in [5, 5.41) is 11.4. The second kappa shape index (κ2) is 4.93. The van der Waals surface area contributed by atoms with E-state index in [1.54, 1.807) is 11.4 Å². The maximum atomic E-state index is 13.9. The van der Waals surface area contributed by atoms with E-state index >= 15 is 0 Å². The van der Waals surface area contributed by atoms with Crippen LogP contribution in [0.2, 0.25) is 0 Å². The van der Waals surface area contributed by atoms with Crippen molar-refractivity contribution in [1.29, 1.82) is 0 Å². The van der Waals surface area contributed by atoms with Crippen molar-refractivity contribution in [2.75, 3.05) is 10.6 Å². The molecule has 0 saturated heterocycles. The Balaban J connectivity index is 1.81. The molecule has 1 aromatic heterocycles. The van der Waals surface area contributed by atoms with Crippen LogP contribution in [0.25, 0.3) is 0 Å². The Morgan fingerprint density at radius 1 is 1.42 bits per heavy atom. The number of nitrogens with one attached hydrogen (secondary N) is 2. The van der Waals surface area contributed by atoms with Gasteiger partial charge in [0.25, 0.3) is 0 Å². The molecule has 0 aliphatic carbocycles. The molecular weight excluding hydrogens is 267 g/mol. The van der Waals surface area contributed by atoms with Crippen molar-refractivity contribution >= 4 is 28.8 Å². The van der Waals surface area contributed by atoms with Crippen molar-refractivity contribution < 1.29 is 9.18 Å². The Bertz CT molecular complexity index is 614. The Hall–Kier alpha value is -2.02. The highest BCUT2D eigenvalue weighted by atomic mass is 32.1. The second-order valence-electron chi connectivity index (χ2n) is 4.29. The van der Waals surface area contributed by atoms with Gasteiger partial charge in [-0.3, -0.25) is 4.79 Å². The van der Waals surface area contributed by atoms with Crippen molar-refractivity contribution in [3.05, 3.63) is 34.6 Å². The summed E-state index contributed by atoms with van der Waals surface area (Å²) in [6.45, 7) is 0.403. The molecule has 19 heavy (non-hydrogen) atoms. The van der Waals surface area contributed by atoms with E-state index in [2.05, 4.69) is 20.2 Å². The number of hydrogen-bond acceptors (Lipinski definition) is 5. The summed E-state index contributed by atoms with van der Waals surface area (Å²) < 4.78 is 17.6. The van der Waals surface area contributed by atoms with Crippen LogP contribution in [0.15, 0.2) is 17.5 Å². The molecule has 0 bridgehead atoms. The number of fused-ring (bicyclic) bond motifs is 1. The van der Waals surface area contributed by atoms with Crippen LogP contribution in [-0.2, 0) is 17.8 Å². The zero-order chi connectivity index (χ0) is 13.2. The normalized spacial score (nSPS) is 13.8. The van der Waals surface area contributed by atoms with Crippen LogP contribution in [-0.4, -0.2) is 15.5 Å². The molecule has 2 aromatic rings. The van der Waals surface area contributed by atoms with Crippen molar-refractivity contribution in [2.24, 2.45) is 0 Å². The summed E-state index contributed by atoms with van der Waals surface area (Å²) in [7, 11) is 0. The number of aromatic nitrogens is 2. The van der Waals surface area contributed by atoms with Crippen LogP contribution in [0, 0.1) is 5.82 Å². The van der Waals surface area contributed by atoms with Gasteiger partial charge in [-0.2, -0.15) is 0 Å². The van der Waals surface area contributed by atoms with Crippen molar-refractivity contribution in [2.45, 2.75) is 19.4 Å². The van der Waals surface area contributed by atoms with Gasteiger partial charge in [0.05, 0.1) is 17.9 Å². The molecule has 2 heterocycles. The molecule has 1 aromatic carbocycles. The zero-order valence-electron chi connectivity index (χ0n) is 9.94. The molecule has 1 aliphatic heterocycles. The molecule has 1 amide bonds. The first kappa shape index (κ1) is 12.0. The van der Waals surface area contributed by atoms with Crippen molar-refractivity contribution in [3.8, 4) is 0 Å². The molecule has 0 spiro atoms. The second-order valence-corrected chi connectivity index (χ2v) is 4.90. The summed E-state index contributed by atoms with van der Waals surface area (Å²) in [6.07, 6.45) is 0.984. The number of nitrogens with zero attached hydrogens (tertiary/aromatic N) is 2. The van der Waals surface area contributed by atoms with E-state index in [1.807, 2.05) is 0 Å². The van der Waals surface area contributed by atoms with Crippen molar-refractivity contribution in [1.82, 2.24) is 9.59 Å². The highest BCUT2D eigenvalue weighted by Gasteiger charge is 2.17. The van der Waals surface area contributed by atoms with E-state index in [0.717, 1.165) is 11.3 Å². The zero-order valence-corrected chi connectivity index (χ0v) is 10.8. The lowest BCUT2D eigenvalue weighted by molar-refractivity contribution is -0.116. The van der Waals surface area contributed by atoms with E-state index in [1.165, 1.54) is 17.6 Å². The predicted molar refractivity (Wildman–Crippen MR) is 70.6 cm³/mol. The largest absolute Gasteiger partial charge is 0.377 e. The standard InChI is InChI=1S/C12H11FN4OS/c13-9-3-7-1-2-12(18)15-10(7)4-11(9)14-5-8-6-19-17-16-8/h3-4,6,14H,1-2,5H2,(H,15,18). The van der Waals surface area contributed by atoms with Gasteiger partial charge in [-0.15, -0.1) is 5.10 Å². The van der Waals surface area contributed by atoms with Gasteiger partial charge >= 0.3 is 0 Å². The molecule has 0 radical (unpaired) electrons. The fraction of sp³-hybridized carbons (Fsp3) is 0.250. The highest BCUT2D eigenvalue weighted by molar-refractivity contribution is 7.03. The average molecular weight is 278 g/mol. The van der Waals surface area contributed by atoms with Gasteiger partial charge in [-0.05, 0) is 35.6 Å². The number of aryl methyl sites for hydroxylation is 1. The molecule has 2 N–H and O–H groups in total. The van der Waals surface area contributed by atoms with Crippen LogP contribution in [0.1, 0.15) is 17.7 Å². The van der Waals surface area contributed by atoms with Gasteiger partial charge in [-0.25, -0.2) is 4.39 Å². The summed E-state index contributed by atoms with van der Waals surface area (Å²) in [5.74, 6) is -0.355. The van der Waals surface area contributed by atoms with Gasteiger partial charge in [0, 0.05) is 17.5 Å². The van der Waals surface area contributed by atoms with Gasteiger partial charge < -0.3 is 10.6 Å². The Labute approximate surface area is 113 Å². The smallest absolute Gasteiger partial charge is 0.224 e. The fourth-order valence-electron chi connectivity index (χ4n) is 1.98. The molecule has 0 atom stereocenters. The van der Waals surface area contributed by atoms with E-state index < -0.39 is 0 Å². The van der Waals surface area contributed by atoms with Crippen LogP contribution < -0.4 is 10.6 Å². The van der Waals surface area contributed by atoms with E-state index in [4.69, 9.17) is 0 Å². The maximum absolute atomic E-state index is 13.9. The highest BCUT2D eigenvalue weighted by Crippen LogP contribution is 2.28. The monoisotopic (exact) mass is 278 g/mol. The van der Waals surface area contributed by atoms with Crippen LogP contribution >= 0.6 is 11.5 Å². The summed E-state index contributed by atoms with van der Waals surface area (Å²) in [5.41, 5.74) is 2.62. The van der Waals surface area contributed by atoms with Gasteiger partial charge in [-0.1, -0.05) is 4.49 Å². The Morgan fingerprint density at radius 3 is 3.11 bits per heavy atom. The predicted octanol–water partition coefficient (Wildman–Crippen LogP) is 2.17. The third-order valence-corrected chi connectivity index (χ3v) is 3.51. The number of carbonyl (C=O) groups is 1. The fourth-order valence-corrected chi connectivity index (χ4v) is 2.43. The third kappa shape index (κ3) is 2.55. The number of benzene rings is 1. The molecular formula is C12H11FN4OS. The van der Waals surface area contributed by atoms with E-state index in [9.17, 15) is 9.18 Å². The topological polar surface area (TPSA) is 66.9 Å². The summed E-state index contributed by atoms with van der Waals surface area (Å²) >= 11 is 1.25. The van der Waals surface area contributed by atoms with Crippen LogP contribution in [0.3, 0.4) is 0 Å². The first-order valence-electron chi connectivity index (χ1n) is 5.84.